The lowest BCUT2D eigenvalue weighted by Crippen LogP contribution is -2.13. The van der Waals surface area contributed by atoms with Gasteiger partial charge in [-0.2, -0.15) is 5.10 Å². The molecular weight excluding hydrogens is 470 g/mol. The summed E-state index contributed by atoms with van der Waals surface area (Å²) in [5.41, 5.74) is 1.50. The summed E-state index contributed by atoms with van der Waals surface area (Å²) < 4.78 is 32.5. The Morgan fingerprint density at radius 3 is 2.82 bits per heavy atom. The van der Waals surface area contributed by atoms with Crippen molar-refractivity contribution < 1.29 is 17.9 Å². The first-order valence-electron chi connectivity index (χ1n) is 9.47. The predicted octanol–water partition coefficient (Wildman–Crippen LogP) is 2.85. The van der Waals surface area contributed by atoms with Gasteiger partial charge in [-0.05, 0) is 30.3 Å². The van der Waals surface area contributed by atoms with Crippen LogP contribution < -0.4 is 14.8 Å². The number of nitrogens with zero attached hydrogens (tertiary/aromatic N) is 4. The molecule has 0 aliphatic carbocycles. The van der Waals surface area contributed by atoms with Gasteiger partial charge in [0.05, 0.1) is 35.7 Å². The van der Waals surface area contributed by atoms with Gasteiger partial charge in [-0.3, -0.25) is 9.52 Å². The van der Waals surface area contributed by atoms with Crippen molar-refractivity contribution >= 4 is 38.9 Å². The van der Waals surface area contributed by atoms with Crippen molar-refractivity contribution in [3.63, 3.8) is 0 Å². The molecule has 3 aromatic heterocycles. The summed E-state index contributed by atoms with van der Waals surface area (Å²) in [4.78, 5) is 24.0. The molecule has 0 aliphatic heterocycles. The number of imidazole rings is 1. The number of benzene rings is 1. The minimum atomic E-state index is -3.50. The molecule has 1 amide bonds. The summed E-state index contributed by atoms with van der Waals surface area (Å²) in [6.07, 6.45) is 8.76. The number of ether oxygens (including phenoxy) is 1. The monoisotopic (exact) mass is 487 g/mol. The quantitative estimate of drug-likeness (QED) is 0.346. The Hall–Kier alpha value is -3.90. The zero-order chi connectivity index (χ0) is 23.4. The van der Waals surface area contributed by atoms with Gasteiger partial charge < -0.3 is 15.0 Å². The van der Waals surface area contributed by atoms with Crippen LogP contribution in [0.3, 0.4) is 0 Å². The van der Waals surface area contributed by atoms with Crippen LogP contribution in [0.25, 0.3) is 5.82 Å². The third-order valence-electron chi connectivity index (χ3n) is 4.20. The fourth-order valence-corrected chi connectivity index (χ4v) is 3.66. The molecule has 0 fully saturated rings. The summed E-state index contributed by atoms with van der Waals surface area (Å²) in [6, 6.07) is 7.84. The Morgan fingerprint density at radius 1 is 1.24 bits per heavy atom. The molecule has 1 aromatic carbocycles. The molecule has 0 atom stereocenters. The molecule has 4 rings (SSSR count). The molecule has 33 heavy (non-hydrogen) atoms. The summed E-state index contributed by atoms with van der Waals surface area (Å²) in [5.74, 6) is 0.389. The Bertz CT molecular complexity index is 1390. The Balaban J connectivity index is 1.51. The van der Waals surface area contributed by atoms with E-state index in [-0.39, 0.29) is 22.9 Å². The van der Waals surface area contributed by atoms with Gasteiger partial charge in [0.2, 0.25) is 10.0 Å². The number of hydrogen-bond donors (Lipinski definition) is 3. The number of halogens is 1. The highest BCUT2D eigenvalue weighted by molar-refractivity contribution is 7.92. The highest BCUT2D eigenvalue weighted by Crippen LogP contribution is 2.24. The molecule has 4 aromatic rings. The van der Waals surface area contributed by atoms with Crippen molar-refractivity contribution in [3.8, 4) is 11.6 Å². The number of sulfonamides is 1. The second-order valence-electron chi connectivity index (χ2n) is 6.90. The average Bonchev–Trinajstić information content (AvgIpc) is 3.43. The number of aromatic nitrogens is 5. The van der Waals surface area contributed by atoms with E-state index in [1.54, 1.807) is 30.9 Å². The van der Waals surface area contributed by atoms with Gasteiger partial charge in [0.1, 0.15) is 6.61 Å². The summed E-state index contributed by atoms with van der Waals surface area (Å²) in [6.45, 7) is 0.232. The SMILES string of the molecule is CS(=O)(=O)Nc1cc(Cl)cc(NC(=O)c2cnn(-c3ncccc3OCc3c[nH]cn3)c2)c1. The minimum Gasteiger partial charge on any atom is -0.483 e. The van der Waals surface area contributed by atoms with E-state index >= 15 is 0 Å². The van der Waals surface area contributed by atoms with E-state index < -0.39 is 15.9 Å². The van der Waals surface area contributed by atoms with Crippen LogP contribution in [-0.2, 0) is 16.6 Å². The van der Waals surface area contributed by atoms with E-state index in [1.165, 1.54) is 35.3 Å². The molecule has 0 saturated carbocycles. The fraction of sp³-hybridized carbons (Fsp3) is 0.100. The van der Waals surface area contributed by atoms with Crippen LogP contribution in [0.2, 0.25) is 5.02 Å². The zero-order valence-corrected chi connectivity index (χ0v) is 18.8. The van der Waals surface area contributed by atoms with Crippen molar-refractivity contribution in [3.05, 3.63) is 77.7 Å². The van der Waals surface area contributed by atoms with Crippen molar-refractivity contribution in [1.29, 1.82) is 0 Å². The first-order valence-corrected chi connectivity index (χ1v) is 11.7. The minimum absolute atomic E-state index is 0.225. The molecule has 0 unspecified atom stereocenters. The van der Waals surface area contributed by atoms with Crippen LogP contribution in [0.5, 0.6) is 5.75 Å². The highest BCUT2D eigenvalue weighted by Gasteiger charge is 2.15. The number of hydrogen-bond acceptors (Lipinski definition) is 7. The van der Waals surface area contributed by atoms with Gasteiger partial charge in [-0.25, -0.2) is 23.1 Å². The number of rotatable bonds is 8. The van der Waals surface area contributed by atoms with E-state index in [0.29, 0.717) is 17.3 Å². The molecule has 0 radical (unpaired) electrons. The second-order valence-corrected chi connectivity index (χ2v) is 9.09. The lowest BCUT2D eigenvalue weighted by atomic mass is 10.2. The maximum Gasteiger partial charge on any atom is 0.258 e. The van der Waals surface area contributed by atoms with Crippen molar-refractivity contribution in [1.82, 2.24) is 24.7 Å². The van der Waals surface area contributed by atoms with Crippen molar-refractivity contribution in [2.45, 2.75) is 6.61 Å². The lowest BCUT2D eigenvalue weighted by molar-refractivity contribution is 0.102. The molecule has 0 saturated heterocycles. The van der Waals surface area contributed by atoms with Gasteiger partial charge in [0.25, 0.3) is 5.91 Å². The van der Waals surface area contributed by atoms with Crippen LogP contribution >= 0.6 is 11.6 Å². The first-order chi connectivity index (χ1) is 15.8. The van der Waals surface area contributed by atoms with Crippen LogP contribution in [-0.4, -0.2) is 45.3 Å². The third-order valence-corrected chi connectivity index (χ3v) is 5.03. The van der Waals surface area contributed by atoms with Gasteiger partial charge in [0, 0.05) is 29.3 Å². The molecule has 170 valence electrons. The number of nitrogens with one attached hydrogen (secondary N) is 3. The van der Waals surface area contributed by atoms with E-state index in [1.807, 2.05) is 0 Å². The zero-order valence-electron chi connectivity index (χ0n) is 17.2. The second kappa shape index (κ2) is 9.30. The number of aromatic amines is 1. The maximum atomic E-state index is 12.7. The molecule has 11 nitrogen and oxygen atoms in total. The lowest BCUT2D eigenvalue weighted by Gasteiger charge is -2.09. The van der Waals surface area contributed by atoms with Gasteiger partial charge in [0.15, 0.2) is 11.6 Å². The van der Waals surface area contributed by atoms with Crippen LogP contribution in [0.1, 0.15) is 16.1 Å². The number of carbonyl (C=O) groups excluding carboxylic acids is 1. The predicted molar refractivity (Wildman–Crippen MR) is 122 cm³/mol. The largest absolute Gasteiger partial charge is 0.483 e. The van der Waals surface area contributed by atoms with Gasteiger partial charge >= 0.3 is 0 Å². The molecular formula is C20H18ClN7O4S. The van der Waals surface area contributed by atoms with Crippen molar-refractivity contribution in [2.75, 3.05) is 16.3 Å². The number of anilines is 2. The van der Waals surface area contributed by atoms with Crippen molar-refractivity contribution in [2.24, 2.45) is 0 Å². The Kier molecular flexibility index (Phi) is 6.29. The van der Waals surface area contributed by atoms with Gasteiger partial charge in [-0.15, -0.1) is 0 Å². The van der Waals surface area contributed by atoms with Gasteiger partial charge in [-0.1, -0.05) is 11.6 Å². The molecule has 3 heterocycles. The van der Waals surface area contributed by atoms with E-state index in [2.05, 4.69) is 30.1 Å². The number of H-pyrrole nitrogens is 1. The van der Waals surface area contributed by atoms with Crippen LogP contribution in [0.15, 0.2) is 61.4 Å². The Labute approximate surface area is 193 Å². The van der Waals surface area contributed by atoms with Crippen LogP contribution in [0, 0.1) is 0 Å². The normalized spacial score (nSPS) is 11.2. The molecule has 3 N–H and O–H groups in total. The summed E-state index contributed by atoms with van der Waals surface area (Å²) in [7, 11) is -3.50. The first kappa shape index (κ1) is 22.3. The number of amides is 1. The standard InChI is InChI=1S/C20H18ClN7O4S/c1-33(30,31)27-16-6-14(21)5-15(7-16)26-20(29)13-8-25-28(10-13)19-18(3-2-4-23-19)32-11-17-9-22-12-24-17/h2-10,12,27H,11H2,1H3,(H,22,24)(H,26,29). The van der Waals surface area contributed by atoms with E-state index in [9.17, 15) is 13.2 Å². The molecule has 0 spiro atoms. The third kappa shape index (κ3) is 5.87. The topological polar surface area (TPSA) is 144 Å². The summed E-state index contributed by atoms with van der Waals surface area (Å²) in [5, 5.41) is 7.14. The fourth-order valence-electron chi connectivity index (χ4n) is 2.88. The smallest absolute Gasteiger partial charge is 0.258 e. The molecule has 0 aliphatic rings. The highest BCUT2D eigenvalue weighted by atomic mass is 35.5. The van der Waals surface area contributed by atoms with E-state index in [0.717, 1.165) is 11.9 Å². The number of carbonyl (C=O) groups is 1. The Morgan fingerprint density at radius 2 is 2.06 bits per heavy atom. The molecule has 0 bridgehead atoms. The number of pyridine rings is 1. The van der Waals surface area contributed by atoms with E-state index in [4.69, 9.17) is 16.3 Å². The van der Waals surface area contributed by atoms with Crippen LogP contribution in [0.4, 0.5) is 11.4 Å². The average molecular weight is 488 g/mol. The summed E-state index contributed by atoms with van der Waals surface area (Å²) >= 11 is 6.05. The maximum absolute atomic E-state index is 12.7. The molecule has 13 heteroatoms.